The van der Waals surface area contributed by atoms with Gasteiger partial charge in [-0.05, 0) is 82.5 Å². The Hall–Kier alpha value is 0.130. The van der Waals surface area contributed by atoms with Crippen molar-refractivity contribution in [3.8, 4) is 0 Å². The molecule has 100 valence electrons. The van der Waals surface area contributed by atoms with E-state index < -0.39 is 9.35 Å². The van der Waals surface area contributed by atoms with Crippen molar-refractivity contribution >= 4 is 67.6 Å². The molecule has 0 aliphatic heterocycles. The van der Waals surface area contributed by atoms with Gasteiger partial charge in [0.1, 0.15) is 0 Å². The Balaban J connectivity index is 0.000000256. The molecule has 2 aromatic heterocycles. The second-order valence-corrected chi connectivity index (χ2v) is 16.3. The van der Waals surface area contributed by atoms with E-state index in [1.807, 2.05) is 36.4 Å². The van der Waals surface area contributed by atoms with Crippen molar-refractivity contribution < 1.29 is 0 Å². The third kappa shape index (κ3) is 18.1. The zero-order valence-electron chi connectivity index (χ0n) is 9.60. The van der Waals surface area contributed by atoms with Gasteiger partial charge in [-0.1, -0.05) is 12.1 Å². The normalized spacial score (nSPS) is 8.00. The Labute approximate surface area is 138 Å². The molecule has 19 heavy (non-hydrogen) atoms. The molecule has 2 nitrogen and oxygen atoms in total. The number of hydrogen-bond donors (Lipinski definition) is 0. The van der Waals surface area contributed by atoms with Gasteiger partial charge in [0.15, 0.2) is 0 Å². The summed E-state index contributed by atoms with van der Waals surface area (Å²) in [6, 6.07) is 11.4. The lowest BCUT2D eigenvalue weighted by Gasteiger charge is -1.70. The zero-order chi connectivity index (χ0) is 14.3. The van der Waals surface area contributed by atoms with Crippen LogP contribution in [0.1, 0.15) is 0 Å². The molecule has 9 heteroatoms. The van der Waals surface area contributed by atoms with Crippen molar-refractivity contribution in [2.24, 2.45) is 0 Å². The van der Waals surface area contributed by atoms with E-state index in [1.165, 1.54) is 11.0 Å². The number of pyridine rings is 2. The molecule has 2 heterocycles. The second-order valence-electron chi connectivity index (χ2n) is 2.58. The molecule has 0 aliphatic carbocycles. The predicted octanol–water partition coefficient (Wildman–Crippen LogP) is 4.52. The van der Waals surface area contributed by atoms with E-state index in [4.69, 9.17) is 0 Å². The number of nitrogens with zero attached hydrogens (tertiary/aromatic N) is 2. The molecule has 0 amide bonds. The topological polar surface area (TPSA) is 25.8 Å². The van der Waals surface area contributed by atoms with E-state index >= 15 is 0 Å². The zero-order valence-corrected chi connectivity index (χ0v) is 15.5. The lowest BCUT2D eigenvalue weighted by atomic mass is 10.5. The lowest BCUT2D eigenvalue weighted by molar-refractivity contribution is 1.33. The van der Waals surface area contributed by atoms with Crippen LogP contribution in [0.15, 0.2) is 61.2 Å². The van der Waals surface area contributed by atoms with Gasteiger partial charge in [-0.15, -0.1) is 0 Å². The van der Waals surface area contributed by atoms with Gasteiger partial charge < -0.3 is 0 Å². The minimum absolute atomic E-state index is 0.736. The lowest BCUT2D eigenvalue weighted by Crippen LogP contribution is -1.58. The van der Waals surface area contributed by atoms with Crippen molar-refractivity contribution in [3.63, 3.8) is 0 Å². The molecule has 0 spiro atoms. The number of rotatable bonds is 2. The van der Waals surface area contributed by atoms with Crippen molar-refractivity contribution in [3.05, 3.63) is 61.2 Å². The van der Waals surface area contributed by atoms with Gasteiger partial charge in [0.05, 0.1) is 9.35 Å². The highest BCUT2D eigenvalue weighted by Gasteiger charge is 1.77. The minimum atomic E-state index is -0.736. The fraction of sp³-hybridized carbons (Fsp3) is 0. The molecule has 0 aromatic carbocycles. The van der Waals surface area contributed by atoms with Crippen LogP contribution in [0, 0.1) is 0 Å². The number of aromatic nitrogens is 2. The highest BCUT2D eigenvalue weighted by atomic mass is 33.3. The maximum Gasteiger partial charge on any atom is 0.0797 e. The van der Waals surface area contributed by atoms with Crippen molar-refractivity contribution in [1.82, 2.24) is 9.97 Å². The van der Waals surface area contributed by atoms with Gasteiger partial charge in [-0.2, -0.15) is 0 Å². The molecule has 0 fully saturated rings. The first-order valence-electron chi connectivity index (χ1n) is 4.79. The summed E-state index contributed by atoms with van der Waals surface area (Å²) in [5.74, 6) is 0. The average molecular weight is 380 g/mol. The molecule has 0 N–H and O–H groups in total. The second kappa shape index (κ2) is 14.5. The van der Waals surface area contributed by atoms with Crippen molar-refractivity contribution in [2.75, 3.05) is 0 Å². The summed E-state index contributed by atoms with van der Waals surface area (Å²) in [6.45, 7) is 0. The van der Waals surface area contributed by atoms with E-state index in [1.54, 1.807) is 24.8 Å². The third-order valence-electron chi connectivity index (χ3n) is 1.27. The maximum atomic E-state index is 4.68. The summed E-state index contributed by atoms with van der Waals surface area (Å²) in [5, 5.41) is 0. The van der Waals surface area contributed by atoms with Gasteiger partial charge in [0.25, 0.3) is 0 Å². The molecule has 0 bridgehead atoms. The maximum absolute atomic E-state index is 4.68. The van der Waals surface area contributed by atoms with Crippen LogP contribution >= 0.6 is 20.3 Å². The van der Waals surface area contributed by atoms with Crippen LogP contribution in [0.3, 0.4) is 0 Å². The molecule has 0 aliphatic rings. The Morgan fingerprint density at radius 1 is 0.579 bits per heavy atom. The van der Waals surface area contributed by atoms with Gasteiger partial charge in [0.2, 0.25) is 0 Å². The summed E-state index contributed by atoms with van der Waals surface area (Å²) < 4.78 is -1.47. The summed E-state index contributed by atoms with van der Waals surface area (Å²) in [5.41, 5.74) is 0. The molecule has 0 saturated heterocycles. The molecule has 0 radical (unpaired) electrons. The molecule has 0 unspecified atom stereocenters. The molecule has 0 atom stereocenters. The van der Waals surface area contributed by atoms with E-state index in [-0.39, 0.29) is 0 Å². The fourth-order valence-corrected chi connectivity index (χ4v) is 13.9. The first kappa shape index (κ1) is 19.1. The standard InChI is InChI=1S/2C5H5N.P2S5/c2*1-2-4-6-5-3-1;3-1(4)7-2(5)6/h2*1-5H;. The number of hydrogen-bond acceptors (Lipinski definition) is 7. The largest absolute Gasteiger partial charge is 0.265 e. The molecule has 0 saturated carbocycles. The fourth-order valence-electron chi connectivity index (χ4n) is 0.680. The first-order valence-corrected chi connectivity index (χ1v) is 13.6. The summed E-state index contributed by atoms with van der Waals surface area (Å²) in [4.78, 5) is 7.57. The Morgan fingerprint density at radius 3 is 0.947 bits per heavy atom. The summed E-state index contributed by atoms with van der Waals surface area (Å²) in [7, 11) is 0. The van der Waals surface area contributed by atoms with Crippen LogP contribution < -0.4 is 0 Å². The monoisotopic (exact) mass is 380 g/mol. The Kier molecular flexibility index (Phi) is 14.6. The molecular formula is C10H10N2P2S5. The van der Waals surface area contributed by atoms with E-state index in [0.29, 0.717) is 0 Å². The van der Waals surface area contributed by atoms with Gasteiger partial charge in [0, 0.05) is 24.8 Å². The van der Waals surface area contributed by atoms with Crippen LogP contribution in [-0.4, -0.2) is 9.97 Å². The SMILES string of the molecule is S=P(=S)SP(=S)=S.c1ccncc1.c1ccncc1. The van der Waals surface area contributed by atoms with Gasteiger partial charge in [-0.3, -0.25) is 9.97 Å². The van der Waals surface area contributed by atoms with Crippen molar-refractivity contribution in [2.45, 2.75) is 0 Å². The predicted molar refractivity (Wildman–Crippen MR) is 99.4 cm³/mol. The van der Waals surface area contributed by atoms with Crippen LogP contribution in [-0.2, 0) is 47.2 Å². The Morgan fingerprint density at radius 2 is 0.895 bits per heavy atom. The average Bonchev–Trinajstić information content (AvgIpc) is 2.42. The Bertz CT molecular complexity index is 438. The van der Waals surface area contributed by atoms with Crippen LogP contribution in [0.5, 0.6) is 0 Å². The molecule has 2 rings (SSSR count). The molecule has 2 aromatic rings. The third-order valence-corrected chi connectivity index (χ3v) is 11.9. The van der Waals surface area contributed by atoms with Crippen molar-refractivity contribution in [1.29, 1.82) is 0 Å². The van der Waals surface area contributed by atoms with Crippen LogP contribution in [0.4, 0.5) is 0 Å². The summed E-state index contributed by atoms with van der Waals surface area (Å²) in [6.07, 6.45) is 7.00. The minimum Gasteiger partial charge on any atom is -0.265 e. The van der Waals surface area contributed by atoms with Crippen LogP contribution in [0.25, 0.3) is 0 Å². The molecular weight excluding hydrogens is 370 g/mol. The smallest absolute Gasteiger partial charge is 0.0797 e. The highest BCUT2D eigenvalue weighted by molar-refractivity contribution is 8.98. The van der Waals surface area contributed by atoms with E-state index in [2.05, 4.69) is 57.2 Å². The van der Waals surface area contributed by atoms with Gasteiger partial charge >= 0.3 is 0 Å². The van der Waals surface area contributed by atoms with E-state index in [9.17, 15) is 0 Å². The van der Waals surface area contributed by atoms with E-state index in [0.717, 1.165) is 0 Å². The quantitative estimate of drug-likeness (QED) is 0.707. The van der Waals surface area contributed by atoms with Gasteiger partial charge in [-0.25, -0.2) is 0 Å². The highest BCUT2D eigenvalue weighted by Crippen LogP contribution is 2.41. The first-order chi connectivity index (χ1) is 9.13. The summed E-state index contributed by atoms with van der Waals surface area (Å²) >= 11 is 20.1. The van der Waals surface area contributed by atoms with Crippen LogP contribution in [0.2, 0.25) is 0 Å².